The fourth-order valence-corrected chi connectivity index (χ4v) is 1.20. The van der Waals surface area contributed by atoms with Crippen LogP contribution >= 0.6 is 17.0 Å². The Morgan fingerprint density at radius 3 is 2.36 bits per heavy atom. The van der Waals surface area contributed by atoms with Gasteiger partial charge in [-0.25, -0.2) is 4.98 Å². The molecule has 0 bridgehead atoms. The number of rotatable bonds is 3. The molecule has 0 aromatic carbocycles. The lowest BCUT2D eigenvalue weighted by Crippen LogP contribution is -2.03. The molecule has 0 amide bonds. The van der Waals surface area contributed by atoms with Gasteiger partial charge in [0.25, 0.3) is 0 Å². The predicted octanol–water partition coefficient (Wildman–Crippen LogP) is 2.82. The zero-order valence-corrected chi connectivity index (χ0v) is 8.74. The second-order valence-electron chi connectivity index (χ2n) is 2.48. The van der Waals surface area contributed by atoms with Gasteiger partial charge in [-0.1, -0.05) is 13.8 Å². The van der Waals surface area contributed by atoms with Crippen molar-refractivity contribution in [1.82, 2.24) is 9.55 Å². The van der Waals surface area contributed by atoms with Crippen LogP contribution in [0.4, 0.5) is 0 Å². The first-order valence-corrected chi connectivity index (χ1v) is 3.86. The fraction of sp³-hybridized carbons (Fsp3) is 0.625. The van der Waals surface area contributed by atoms with Gasteiger partial charge in [-0.05, 0) is 12.8 Å². The molecule has 1 aromatic heterocycles. The van der Waals surface area contributed by atoms with Crippen LogP contribution in [0.5, 0.6) is 0 Å². The van der Waals surface area contributed by atoms with Crippen molar-refractivity contribution in [2.75, 3.05) is 0 Å². The number of nitrogens with zero attached hydrogens (tertiary/aromatic N) is 2. The molecule has 11 heavy (non-hydrogen) atoms. The molecule has 0 spiro atoms. The highest BCUT2D eigenvalue weighted by atomic mass is 79.9. The van der Waals surface area contributed by atoms with Gasteiger partial charge >= 0.3 is 0 Å². The van der Waals surface area contributed by atoms with Gasteiger partial charge in [0.15, 0.2) is 0 Å². The third-order valence-corrected chi connectivity index (χ3v) is 1.89. The summed E-state index contributed by atoms with van der Waals surface area (Å²) in [5.74, 6) is 0. The molecule has 0 radical (unpaired) electrons. The summed E-state index contributed by atoms with van der Waals surface area (Å²) < 4.78 is 2.17. The molecule has 1 heterocycles. The lowest BCUT2D eigenvalue weighted by atomic mass is 10.2. The van der Waals surface area contributed by atoms with Crippen LogP contribution in [0, 0.1) is 0 Å². The van der Waals surface area contributed by atoms with Crippen LogP contribution in [-0.4, -0.2) is 9.55 Å². The Kier molecular flexibility index (Phi) is 5.20. The van der Waals surface area contributed by atoms with E-state index in [2.05, 4.69) is 23.4 Å². The minimum Gasteiger partial charge on any atom is -0.334 e. The Morgan fingerprint density at radius 2 is 2.00 bits per heavy atom. The summed E-state index contributed by atoms with van der Waals surface area (Å²) in [6.45, 7) is 4.41. The molecule has 0 aliphatic carbocycles. The van der Waals surface area contributed by atoms with Gasteiger partial charge < -0.3 is 4.57 Å². The standard InChI is InChI=1S/C8H14N2.BrH/c1-3-8(4-2)10-6-5-9-7-10;/h5-8H,3-4H2,1-2H3;1H. The highest BCUT2D eigenvalue weighted by molar-refractivity contribution is 8.93. The minimum atomic E-state index is 0. The van der Waals surface area contributed by atoms with E-state index in [1.165, 1.54) is 12.8 Å². The van der Waals surface area contributed by atoms with E-state index in [1.54, 1.807) is 0 Å². The summed E-state index contributed by atoms with van der Waals surface area (Å²) >= 11 is 0. The maximum Gasteiger partial charge on any atom is 0.0948 e. The molecular formula is C8H15BrN2. The summed E-state index contributed by atoms with van der Waals surface area (Å²) in [7, 11) is 0. The van der Waals surface area contributed by atoms with Crippen LogP contribution in [0.3, 0.4) is 0 Å². The van der Waals surface area contributed by atoms with E-state index in [-0.39, 0.29) is 17.0 Å². The summed E-state index contributed by atoms with van der Waals surface area (Å²) in [5.41, 5.74) is 0. The molecule has 0 saturated carbocycles. The van der Waals surface area contributed by atoms with Crippen molar-refractivity contribution in [3.05, 3.63) is 18.7 Å². The van der Waals surface area contributed by atoms with Crippen LogP contribution in [0.25, 0.3) is 0 Å². The van der Waals surface area contributed by atoms with E-state index in [0.717, 1.165) is 0 Å². The normalized spacial score (nSPS) is 9.73. The largest absolute Gasteiger partial charge is 0.334 e. The first kappa shape index (κ1) is 10.7. The third-order valence-electron chi connectivity index (χ3n) is 1.89. The van der Waals surface area contributed by atoms with E-state index in [4.69, 9.17) is 0 Å². The van der Waals surface area contributed by atoms with Crippen molar-refractivity contribution in [3.63, 3.8) is 0 Å². The first-order valence-electron chi connectivity index (χ1n) is 3.86. The zero-order valence-electron chi connectivity index (χ0n) is 7.03. The van der Waals surface area contributed by atoms with Crippen molar-refractivity contribution in [1.29, 1.82) is 0 Å². The van der Waals surface area contributed by atoms with Gasteiger partial charge in [0, 0.05) is 18.4 Å². The summed E-state index contributed by atoms with van der Waals surface area (Å²) in [4.78, 5) is 4.00. The van der Waals surface area contributed by atoms with Gasteiger partial charge in [-0.2, -0.15) is 0 Å². The van der Waals surface area contributed by atoms with E-state index < -0.39 is 0 Å². The van der Waals surface area contributed by atoms with E-state index in [0.29, 0.717) is 6.04 Å². The van der Waals surface area contributed by atoms with Crippen LogP contribution in [-0.2, 0) is 0 Å². The van der Waals surface area contributed by atoms with Crippen LogP contribution in [0.15, 0.2) is 18.7 Å². The molecule has 0 fully saturated rings. The highest BCUT2D eigenvalue weighted by Crippen LogP contribution is 2.13. The Labute approximate surface area is 78.4 Å². The van der Waals surface area contributed by atoms with Crippen molar-refractivity contribution in [3.8, 4) is 0 Å². The van der Waals surface area contributed by atoms with Gasteiger partial charge in [0.05, 0.1) is 6.33 Å². The molecule has 1 aromatic rings. The van der Waals surface area contributed by atoms with Gasteiger partial charge in [-0.3, -0.25) is 0 Å². The van der Waals surface area contributed by atoms with Crippen LogP contribution < -0.4 is 0 Å². The molecule has 0 atom stereocenters. The molecule has 0 unspecified atom stereocenters. The van der Waals surface area contributed by atoms with E-state index in [1.807, 2.05) is 18.7 Å². The second-order valence-corrected chi connectivity index (χ2v) is 2.48. The molecular weight excluding hydrogens is 204 g/mol. The smallest absolute Gasteiger partial charge is 0.0948 e. The van der Waals surface area contributed by atoms with Crippen molar-refractivity contribution < 1.29 is 0 Å². The number of hydrogen-bond donors (Lipinski definition) is 0. The molecule has 0 aliphatic heterocycles. The molecule has 64 valence electrons. The SMILES string of the molecule is Br.CCC(CC)n1ccnc1. The number of halogens is 1. The molecule has 0 N–H and O–H groups in total. The van der Waals surface area contributed by atoms with Crippen molar-refractivity contribution >= 4 is 17.0 Å². The molecule has 0 saturated heterocycles. The summed E-state index contributed by atoms with van der Waals surface area (Å²) in [6.07, 6.45) is 8.12. The fourth-order valence-electron chi connectivity index (χ4n) is 1.20. The van der Waals surface area contributed by atoms with Crippen LogP contribution in [0.1, 0.15) is 32.7 Å². The Hall–Kier alpha value is -0.310. The molecule has 1 rings (SSSR count). The summed E-state index contributed by atoms with van der Waals surface area (Å²) in [6, 6.07) is 0.641. The van der Waals surface area contributed by atoms with Gasteiger partial charge in [0.2, 0.25) is 0 Å². The van der Waals surface area contributed by atoms with Crippen LogP contribution in [0.2, 0.25) is 0 Å². The quantitative estimate of drug-likeness (QED) is 0.764. The maximum atomic E-state index is 4.00. The lowest BCUT2D eigenvalue weighted by Gasteiger charge is -2.12. The highest BCUT2D eigenvalue weighted by Gasteiger charge is 2.02. The predicted molar refractivity (Wildman–Crippen MR) is 52.2 cm³/mol. The number of imidazole rings is 1. The average molecular weight is 219 g/mol. The number of aromatic nitrogens is 2. The Morgan fingerprint density at radius 1 is 1.36 bits per heavy atom. The Bertz CT molecular complexity index is 168. The zero-order chi connectivity index (χ0) is 7.40. The average Bonchev–Trinajstić information content (AvgIpc) is 2.43. The van der Waals surface area contributed by atoms with Gasteiger partial charge in [0.1, 0.15) is 0 Å². The van der Waals surface area contributed by atoms with Crippen molar-refractivity contribution in [2.24, 2.45) is 0 Å². The first-order chi connectivity index (χ1) is 4.88. The molecule has 3 heteroatoms. The maximum absolute atomic E-state index is 4.00. The van der Waals surface area contributed by atoms with Gasteiger partial charge in [-0.15, -0.1) is 17.0 Å². The topological polar surface area (TPSA) is 17.8 Å². The van der Waals surface area contributed by atoms with E-state index >= 15 is 0 Å². The van der Waals surface area contributed by atoms with E-state index in [9.17, 15) is 0 Å². The third kappa shape index (κ3) is 2.66. The minimum absolute atomic E-state index is 0. The molecule has 2 nitrogen and oxygen atoms in total. The number of hydrogen-bond acceptors (Lipinski definition) is 1. The second kappa shape index (κ2) is 5.35. The van der Waals surface area contributed by atoms with Crippen molar-refractivity contribution in [2.45, 2.75) is 32.7 Å². The lowest BCUT2D eigenvalue weighted by molar-refractivity contribution is 0.471. The summed E-state index contributed by atoms with van der Waals surface area (Å²) in [5, 5.41) is 0. The molecule has 0 aliphatic rings. The monoisotopic (exact) mass is 218 g/mol. The Balaban J connectivity index is 0.000001000.